The van der Waals surface area contributed by atoms with Gasteiger partial charge in [0.05, 0.1) is 0 Å². The first-order valence-corrected chi connectivity index (χ1v) is 7.06. The molecule has 1 rings (SSSR count). The fourth-order valence-corrected chi connectivity index (χ4v) is 2.05. The Bertz CT molecular complexity index is 489. The molecule has 0 saturated heterocycles. The lowest BCUT2D eigenvalue weighted by Gasteiger charge is -2.13. The first-order chi connectivity index (χ1) is 8.93. The van der Waals surface area contributed by atoms with Gasteiger partial charge in [-0.25, -0.2) is 0 Å². The largest absolute Gasteiger partial charge is 0.0847 e. The summed E-state index contributed by atoms with van der Waals surface area (Å²) in [6.45, 7) is 12.4. The van der Waals surface area contributed by atoms with Gasteiger partial charge in [-0.05, 0) is 44.2 Å². The summed E-state index contributed by atoms with van der Waals surface area (Å²) in [5.74, 6) is 0.542. The van der Waals surface area contributed by atoms with Gasteiger partial charge >= 0.3 is 0 Å². The second kappa shape index (κ2) is 7.35. The van der Waals surface area contributed by atoms with E-state index in [-0.39, 0.29) is 0 Å². The second-order valence-electron chi connectivity index (χ2n) is 5.13. The summed E-state index contributed by atoms with van der Waals surface area (Å²) in [5, 5.41) is 0.597. The van der Waals surface area contributed by atoms with Gasteiger partial charge in [-0.3, -0.25) is 0 Å². The zero-order valence-electron chi connectivity index (χ0n) is 12.3. The monoisotopic (exact) mass is 274 g/mol. The minimum absolute atomic E-state index is 0.542. The van der Waals surface area contributed by atoms with E-state index in [0.29, 0.717) is 11.0 Å². The third kappa shape index (κ3) is 5.08. The molecule has 0 saturated carbocycles. The smallest absolute Gasteiger partial charge is 0.0406 e. The molecule has 0 spiro atoms. The third-order valence-corrected chi connectivity index (χ3v) is 3.72. The van der Waals surface area contributed by atoms with Crippen molar-refractivity contribution in [3.8, 4) is 0 Å². The number of rotatable bonds is 5. The minimum Gasteiger partial charge on any atom is -0.0847 e. The number of allylic oxidation sites excluding steroid dienone is 4. The lowest BCUT2D eigenvalue weighted by atomic mass is 9.93. The number of hydrogen-bond donors (Lipinski definition) is 0. The Morgan fingerprint density at radius 3 is 2.32 bits per heavy atom. The van der Waals surface area contributed by atoms with Crippen molar-refractivity contribution in [2.45, 2.75) is 34.1 Å². The van der Waals surface area contributed by atoms with E-state index in [2.05, 4.69) is 58.6 Å². The summed E-state index contributed by atoms with van der Waals surface area (Å²) in [6.07, 6.45) is 5.45. The lowest BCUT2D eigenvalue weighted by molar-refractivity contribution is 0.677. The summed E-state index contributed by atoms with van der Waals surface area (Å²) in [7, 11) is 0. The third-order valence-electron chi connectivity index (χ3n) is 3.50. The molecule has 102 valence electrons. The topological polar surface area (TPSA) is 0 Å². The second-order valence-corrected chi connectivity index (χ2v) is 5.58. The van der Waals surface area contributed by atoms with Crippen molar-refractivity contribution in [2.75, 3.05) is 0 Å². The van der Waals surface area contributed by atoms with Crippen LogP contribution in [0, 0.1) is 5.92 Å². The van der Waals surface area contributed by atoms with Gasteiger partial charge in [0.25, 0.3) is 0 Å². The van der Waals surface area contributed by atoms with Gasteiger partial charge in [0, 0.05) is 5.03 Å². The van der Waals surface area contributed by atoms with Gasteiger partial charge in [0.15, 0.2) is 0 Å². The highest BCUT2D eigenvalue weighted by atomic mass is 35.5. The molecule has 1 heteroatoms. The van der Waals surface area contributed by atoms with Crippen molar-refractivity contribution < 1.29 is 0 Å². The molecule has 19 heavy (non-hydrogen) atoms. The van der Waals surface area contributed by atoms with E-state index in [9.17, 15) is 0 Å². The first-order valence-electron chi connectivity index (χ1n) is 6.69. The predicted octanol–water partition coefficient (Wildman–Crippen LogP) is 5.99. The molecule has 0 nitrogen and oxygen atoms in total. The van der Waals surface area contributed by atoms with Gasteiger partial charge in [0.1, 0.15) is 0 Å². The van der Waals surface area contributed by atoms with Crippen LogP contribution in [-0.4, -0.2) is 0 Å². The molecule has 0 radical (unpaired) electrons. The molecular weight excluding hydrogens is 252 g/mol. The Kier molecular flexibility index (Phi) is 6.11. The summed E-state index contributed by atoms with van der Waals surface area (Å²) in [6, 6.07) is 8.34. The summed E-state index contributed by atoms with van der Waals surface area (Å²) in [4.78, 5) is 0. The molecule has 0 heterocycles. The molecule has 0 aromatic heterocycles. The van der Waals surface area contributed by atoms with Crippen molar-refractivity contribution >= 4 is 16.6 Å². The summed E-state index contributed by atoms with van der Waals surface area (Å²) < 4.78 is 0. The SMILES string of the molecule is C=C(Cl)c1ccc(CC(C)/C(C)=C\C(C)=C/C)cc1. The Morgan fingerprint density at radius 2 is 1.84 bits per heavy atom. The van der Waals surface area contributed by atoms with E-state index < -0.39 is 0 Å². The quantitative estimate of drug-likeness (QED) is 0.579. The first kappa shape index (κ1) is 15.8. The molecule has 0 N–H and O–H groups in total. The maximum absolute atomic E-state index is 5.88. The average molecular weight is 275 g/mol. The molecule has 1 aromatic carbocycles. The van der Waals surface area contributed by atoms with Crippen LogP contribution >= 0.6 is 11.6 Å². The van der Waals surface area contributed by atoms with Crippen molar-refractivity contribution in [1.82, 2.24) is 0 Å². The van der Waals surface area contributed by atoms with Crippen LogP contribution in [0.25, 0.3) is 5.03 Å². The zero-order chi connectivity index (χ0) is 14.4. The Balaban J connectivity index is 2.74. The zero-order valence-corrected chi connectivity index (χ0v) is 13.1. The maximum atomic E-state index is 5.88. The summed E-state index contributed by atoms with van der Waals surface area (Å²) >= 11 is 5.88. The average Bonchev–Trinajstić information content (AvgIpc) is 2.38. The number of halogens is 1. The standard InChI is InChI=1S/C18H23Cl/c1-6-13(2)11-14(3)15(4)12-17-7-9-18(10-8-17)16(5)19/h6-11,15H,5,12H2,1-4H3/b13-6-,14-11-. The normalized spacial score (nSPS) is 14.4. The fourth-order valence-electron chi connectivity index (χ4n) is 1.92. The van der Waals surface area contributed by atoms with E-state index in [1.54, 1.807) is 0 Å². The number of hydrogen-bond acceptors (Lipinski definition) is 0. The van der Waals surface area contributed by atoms with Crippen molar-refractivity contribution in [2.24, 2.45) is 5.92 Å². The maximum Gasteiger partial charge on any atom is 0.0406 e. The molecule has 0 aliphatic rings. The lowest BCUT2D eigenvalue weighted by Crippen LogP contribution is -2.01. The molecule has 1 atom stereocenters. The Morgan fingerprint density at radius 1 is 1.26 bits per heavy atom. The van der Waals surface area contributed by atoms with Crippen LogP contribution in [0.2, 0.25) is 0 Å². The van der Waals surface area contributed by atoms with E-state index in [4.69, 9.17) is 11.6 Å². The number of benzene rings is 1. The predicted molar refractivity (Wildman–Crippen MR) is 87.4 cm³/mol. The van der Waals surface area contributed by atoms with Crippen LogP contribution < -0.4 is 0 Å². The van der Waals surface area contributed by atoms with Crippen LogP contribution in [0.15, 0.2) is 54.1 Å². The van der Waals surface area contributed by atoms with Gasteiger partial charge in [-0.1, -0.05) is 72.7 Å². The van der Waals surface area contributed by atoms with Gasteiger partial charge in [-0.2, -0.15) is 0 Å². The molecule has 1 unspecified atom stereocenters. The van der Waals surface area contributed by atoms with Crippen LogP contribution in [0.1, 0.15) is 38.8 Å². The molecule has 0 aliphatic carbocycles. The highest BCUT2D eigenvalue weighted by molar-refractivity contribution is 6.48. The highest BCUT2D eigenvalue weighted by Gasteiger charge is 2.06. The fraction of sp³-hybridized carbons (Fsp3) is 0.333. The van der Waals surface area contributed by atoms with Gasteiger partial charge < -0.3 is 0 Å². The van der Waals surface area contributed by atoms with Crippen LogP contribution in [0.4, 0.5) is 0 Å². The molecule has 0 fully saturated rings. The molecular formula is C18H23Cl. The van der Waals surface area contributed by atoms with Crippen LogP contribution in [0.5, 0.6) is 0 Å². The van der Waals surface area contributed by atoms with E-state index in [1.165, 1.54) is 16.7 Å². The Labute approximate surface area is 122 Å². The van der Waals surface area contributed by atoms with E-state index in [0.717, 1.165) is 12.0 Å². The molecule has 1 aromatic rings. The van der Waals surface area contributed by atoms with Crippen molar-refractivity contribution in [3.05, 3.63) is 65.3 Å². The van der Waals surface area contributed by atoms with E-state index >= 15 is 0 Å². The van der Waals surface area contributed by atoms with Crippen LogP contribution in [0.3, 0.4) is 0 Å². The Hall–Kier alpha value is -1.27. The molecule has 0 amide bonds. The van der Waals surface area contributed by atoms with Gasteiger partial charge in [-0.15, -0.1) is 0 Å². The van der Waals surface area contributed by atoms with Crippen LogP contribution in [-0.2, 0) is 6.42 Å². The van der Waals surface area contributed by atoms with Gasteiger partial charge in [0.2, 0.25) is 0 Å². The van der Waals surface area contributed by atoms with Crippen molar-refractivity contribution in [1.29, 1.82) is 0 Å². The summed E-state index contributed by atoms with van der Waals surface area (Å²) in [5.41, 5.74) is 5.06. The van der Waals surface area contributed by atoms with Crippen molar-refractivity contribution in [3.63, 3.8) is 0 Å². The van der Waals surface area contributed by atoms with E-state index in [1.807, 2.05) is 12.1 Å². The highest BCUT2D eigenvalue weighted by Crippen LogP contribution is 2.21. The molecule has 0 aliphatic heterocycles. The minimum atomic E-state index is 0.542. The molecule has 0 bridgehead atoms.